The van der Waals surface area contributed by atoms with Crippen LogP contribution in [0, 0.1) is 12.7 Å². The number of nitrogens with one attached hydrogen (secondary N) is 2. The summed E-state index contributed by atoms with van der Waals surface area (Å²) < 4.78 is 18.1. The molecule has 1 heterocycles. The van der Waals surface area contributed by atoms with E-state index in [2.05, 4.69) is 20.6 Å². The number of amides is 1. The number of benzene rings is 1. The van der Waals surface area contributed by atoms with Crippen LogP contribution in [0.25, 0.3) is 0 Å². The Hall–Kier alpha value is -2.54. The molecule has 0 saturated carbocycles. The van der Waals surface area contributed by atoms with Gasteiger partial charge in [-0.3, -0.25) is 4.79 Å². The average molecular weight is 318 g/mol. The third kappa shape index (κ3) is 5.30. The molecular formula is C16H19FN4O2. The number of anilines is 2. The molecule has 0 radical (unpaired) electrons. The van der Waals surface area contributed by atoms with Gasteiger partial charge in [0.1, 0.15) is 11.5 Å². The SMILES string of the molecule is COCCCNc1nc(C)cc(C(=O)Nc2cccc(F)c2)n1. The van der Waals surface area contributed by atoms with Crippen LogP contribution in [-0.4, -0.2) is 36.1 Å². The number of ether oxygens (including phenoxy) is 1. The van der Waals surface area contributed by atoms with Crippen molar-refractivity contribution in [2.24, 2.45) is 0 Å². The number of aromatic nitrogens is 2. The van der Waals surface area contributed by atoms with Crippen molar-refractivity contribution in [1.82, 2.24) is 9.97 Å². The highest BCUT2D eigenvalue weighted by Crippen LogP contribution is 2.12. The molecule has 0 bridgehead atoms. The molecule has 0 saturated heterocycles. The molecule has 7 heteroatoms. The van der Waals surface area contributed by atoms with E-state index in [0.717, 1.165) is 6.42 Å². The standard InChI is InChI=1S/C16H19FN4O2/c1-11-9-14(21-16(19-11)18-7-4-8-23-2)15(22)20-13-6-3-5-12(17)10-13/h3,5-6,9-10H,4,7-8H2,1-2H3,(H,20,22)(H,18,19,21). The van der Waals surface area contributed by atoms with Crippen LogP contribution in [0.5, 0.6) is 0 Å². The van der Waals surface area contributed by atoms with Crippen LogP contribution in [0.1, 0.15) is 22.6 Å². The highest BCUT2D eigenvalue weighted by molar-refractivity contribution is 6.03. The minimum Gasteiger partial charge on any atom is -0.385 e. The lowest BCUT2D eigenvalue weighted by atomic mass is 10.2. The van der Waals surface area contributed by atoms with Crippen LogP contribution in [-0.2, 0) is 4.74 Å². The molecule has 2 aromatic rings. The van der Waals surface area contributed by atoms with Gasteiger partial charge in [0.05, 0.1) is 0 Å². The number of methoxy groups -OCH3 is 1. The van der Waals surface area contributed by atoms with Gasteiger partial charge < -0.3 is 15.4 Å². The predicted octanol–water partition coefficient (Wildman–Crippen LogP) is 2.62. The first-order valence-electron chi connectivity index (χ1n) is 7.24. The molecule has 0 unspecified atom stereocenters. The second-order valence-corrected chi connectivity index (χ2v) is 4.96. The minimum atomic E-state index is -0.416. The van der Waals surface area contributed by atoms with Gasteiger partial charge in [0.2, 0.25) is 5.95 Å². The van der Waals surface area contributed by atoms with Gasteiger partial charge in [-0.25, -0.2) is 14.4 Å². The summed E-state index contributed by atoms with van der Waals surface area (Å²) in [5.74, 6) is -0.450. The molecule has 0 fully saturated rings. The van der Waals surface area contributed by atoms with Gasteiger partial charge in [-0.15, -0.1) is 0 Å². The Morgan fingerprint density at radius 2 is 2.13 bits per heavy atom. The fraction of sp³-hybridized carbons (Fsp3) is 0.312. The molecule has 0 aliphatic carbocycles. The Kier molecular flexibility index (Phi) is 5.99. The predicted molar refractivity (Wildman–Crippen MR) is 86.1 cm³/mol. The molecule has 2 N–H and O–H groups in total. The molecule has 0 aliphatic heterocycles. The Balaban J connectivity index is 2.06. The number of hydrogen-bond acceptors (Lipinski definition) is 5. The van der Waals surface area contributed by atoms with Crippen LogP contribution in [0.4, 0.5) is 16.0 Å². The second kappa shape index (κ2) is 8.19. The fourth-order valence-corrected chi connectivity index (χ4v) is 1.94. The molecular weight excluding hydrogens is 299 g/mol. The molecule has 6 nitrogen and oxygen atoms in total. The Labute approximate surface area is 134 Å². The van der Waals surface area contributed by atoms with Gasteiger partial charge in [-0.2, -0.15) is 0 Å². The molecule has 23 heavy (non-hydrogen) atoms. The van der Waals surface area contributed by atoms with Crippen molar-refractivity contribution in [2.75, 3.05) is 30.9 Å². The van der Waals surface area contributed by atoms with Crippen LogP contribution in [0.3, 0.4) is 0 Å². The first-order valence-corrected chi connectivity index (χ1v) is 7.24. The van der Waals surface area contributed by atoms with E-state index in [4.69, 9.17) is 4.74 Å². The van der Waals surface area contributed by atoms with Gasteiger partial charge >= 0.3 is 0 Å². The summed E-state index contributed by atoms with van der Waals surface area (Å²) in [5.41, 5.74) is 1.26. The summed E-state index contributed by atoms with van der Waals surface area (Å²) in [6.07, 6.45) is 0.804. The van der Waals surface area contributed by atoms with E-state index in [0.29, 0.717) is 30.5 Å². The number of hydrogen-bond donors (Lipinski definition) is 2. The van der Waals surface area contributed by atoms with Gasteiger partial charge in [0.15, 0.2) is 0 Å². The summed E-state index contributed by atoms with van der Waals surface area (Å²) in [4.78, 5) is 20.6. The lowest BCUT2D eigenvalue weighted by Gasteiger charge is -2.09. The number of rotatable bonds is 7. The van der Waals surface area contributed by atoms with Crippen molar-refractivity contribution in [3.8, 4) is 0 Å². The van der Waals surface area contributed by atoms with Crippen LogP contribution >= 0.6 is 0 Å². The maximum absolute atomic E-state index is 13.2. The first kappa shape index (κ1) is 16.8. The van der Waals surface area contributed by atoms with E-state index in [-0.39, 0.29) is 5.69 Å². The minimum absolute atomic E-state index is 0.219. The number of carbonyl (C=O) groups is 1. The topological polar surface area (TPSA) is 76.1 Å². The fourth-order valence-electron chi connectivity index (χ4n) is 1.94. The summed E-state index contributed by atoms with van der Waals surface area (Å²) in [6, 6.07) is 7.27. The summed E-state index contributed by atoms with van der Waals surface area (Å²) >= 11 is 0. The smallest absolute Gasteiger partial charge is 0.274 e. The normalized spacial score (nSPS) is 10.4. The highest BCUT2D eigenvalue weighted by Gasteiger charge is 2.11. The van der Waals surface area contributed by atoms with Crippen molar-refractivity contribution < 1.29 is 13.9 Å². The summed E-state index contributed by atoms with van der Waals surface area (Å²) in [5, 5.41) is 5.66. The lowest BCUT2D eigenvalue weighted by molar-refractivity contribution is 0.102. The largest absolute Gasteiger partial charge is 0.385 e. The van der Waals surface area contributed by atoms with Crippen molar-refractivity contribution in [3.05, 3.63) is 47.5 Å². The zero-order valence-electron chi connectivity index (χ0n) is 13.1. The maximum atomic E-state index is 13.2. The molecule has 2 rings (SSSR count). The van der Waals surface area contributed by atoms with Crippen LogP contribution < -0.4 is 10.6 Å². The molecule has 1 aromatic carbocycles. The van der Waals surface area contributed by atoms with Crippen molar-refractivity contribution >= 4 is 17.5 Å². The van der Waals surface area contributed by atoms with Crippen molar-refractivity contribution in [3.63, 3.8) is 0 Å². The molecule has 1 aromatic heterocycles. The quantitative estimate of drug-likeness (QED) is 0.768. The van der Waals surface area contributed by atoms with Crippen molar-refractivity contribution in [2.45, 2.75) is 13.3 Å². The van der Waals surface area contributed by atoms with Gasteiger partial charge in [-0.05, 0) is 37.6 Å². The van der Waals surface area contributed by atoms with E-state index >= 15 is 0 Å². The summed E-state index contributed by atoms with van der Waals surface area (Å²) in [6.45, 7) is 3.05. The molecule has 0 atom stereocenters. The third-order valence-corrected chi connectivity index (χ3v) is 2.98. The highest BCUT2D eigenvalue weighted by atomic mass is 19.1. The van der Waals surface area contributed by atoms with E-state index in [1.807, 2.05) is 0 Å². The second-order valence-electron chi connectivity index (χ2n) is 4.96. The third-order valence-electron chi connectivity index (χ3n) is 2.98. The monoisotopic (exact) mass is 318 g/mol. The zero-order chi connectivity index (χ0) is 16.7. The summed E-state index contributed by atoms with van der Waals surface area (Å²) in [7, 11) is 1.64. The number of nitrogens with zero attached hydrogens (tertiary/aromatic N) is 2. The van der Waals surface area contributed by atoms with E-state index in [1.165, 1.54) is 18.2 Å². The molecule has 0 spiro atoms. The van der Waals surface area contributed by atoms with E-state index < -0.39 is 11.7 Å². The number of carbonyl (C=O) groups excluding carboxylic acids is 1. The maximum Gasteiger partial charge on any atom is 0.274 e. The van der Waals surface area contributed by atoms with Gasteiger partial charge in [0.25, 0.3) is 5.91 Å². The molecule has 122 valence electrons. The first-order chi connectivity index (χ1) is 11.1. The van der Waals surface area contributed by atoms with E-state index in [9.17, 15) is 9.18 Å². The van der Waals surface area contributed by atoms with Crippen molar-refractivity contribution in [1.29, 1.82) is 0 Å². The Morgan fingerprint density at radius 3 is 2.87 bits per heavy atom. The molecule has 1 amide bonds. The number of halogens is 1. The van der Waals surface area contributed by atoms with Crippen LogP contribution in [0.2, 0.25) is 0 Å². The lowest BCUT2D eigenvalue weighted by Crippen LogP contribution is -2.16. The van der Waals surface area contributed by atoms with Gasteiger partial charge in [0, 0.05) is 31.6 Å². The molecule has 0 aliphatic rings. The van der Waals surface area contributed by atoms with Crippen LogP contribution in [0.15, 0.2) is 30.3 Å². The zero-order valence-corrected chi connectivity index (χ0v) is 13.1. The Bertz CT molecular complexity index is 679. The number of aryl methyl sites for hydroxylation is 1. The average Bonchev–Trinajstić information content (AvgIpc) is 2.51. The Morgan fingerprint density at radius 1 is 1.30 bits per heavy atom. The van der Waals surface area contributed by atoms with Gasteiger partial charge in [-0.1, -0.05) is 6.07 Å². The van der Waals surface area contributed by atoms with E-state index in [1.54, 1.807) is 26.2 Å².